The Balaban J connectivity index is 1.73. The Bertz CT molecular complexity index is 872. The lowest BCUT2D eigenvalue weighted by Crippen LogP contribution is -2.31. The van der Waals surface area contributed by atoms with Crippen molar-refractivity contribution in [3.63, 3.8) is 0 Å². The number of aromatic hydroxyl groups is 1. The van der Waals surface area contributed by atoms with Gasteiger partial charge in [-0.25, -0.2) is 14.5 Å². The quantitative estimate of drug-likeness (QED) is 0.589. The number of cyclic esters (lactones) is 2. The molecule has 1 aromatic carbocycles. The van der Waals surface area contributed by atoms with Crippen LogP contribution >= 0.6 is 0 Å². The summed E-state index contributed by atoms with van der Waals surface area (Å²) in [6.07, 6.45) is 2.27. The van der Waals surface area contributed by atoms with Gasteiger partial charge in [0.15, 0.2) is 0 Å². The van der Waals surface area contributed by atoms with Crippen molar-refractivity contribution in [3.05, 3.63) is 33.9 Å². The zero-order valence-electron chi connectivity index (χ0n) is 16.2. The van der Waals surface area contributed by atoms with Gasteiger partial charge >= 0.3 is 12.1 Å². The molecule has 2 aliphatic rings. The molecule has 0 saturated carbocycles. The molecule has 8 nitrogen and oxygen atoms in total. The fraction of sp³-hybridized carbons (Fsp3) is 0.450. The molecule has 0 atom stereocenters. The molecule has 2 aliphatic heterocycles. The van der Waals surface area contributed by atoms with E-state index in [2.05, 4.69) is 0 Å². The van der Waals surface area contributed by atoms with Crippen molar-refractivity contribution in [3.8, 4) is 11.5 Å². The van der Waals surface area contributed by atoms with E-state index in [0.717, 1.165) is 16.0 Å². The van der Waals surface area contributed by atoms with E-state index < -0.39 is 12.1 Å². The van der Waals surface area contributed by atoms with Crippen LogP contribution in [0.2, 0.25) is 0 Å². The number of phenolic OH excluding ortho intramolecular Hbond substituents is 1. The Labute approximate surface area is 162 Å². The number of imide groups is 1. The SMILES string of the molecule is COc1c(C)c2c(c(O)c1C/C=C(\C)CCC(=O)N1CCOC1=O)C(=O)OC2. The predicted molar refractivity (Wildman–Crippen MR) is 98.3 cm³/mol. The normalized spacial score (nSPS) is 16.1. The molecule has 0 bridgehead atoms. The molecule has 0 aromatic heterocycles. The fourth-order valence-corrected chi connectivity index (χ4v) is 3.47. The largest absolute Gasteiger partial charge is 0.507 e. The van der Waals surface area contributed by atoms with Crippen LogP contribution in [-0.4, -0.2) is 48.2 Å². The Morgan fingerprint density at radius 3 is 2.68 bits per heavy atom. The fourth-order valence-electron chi connectivity index (χ4n) is 3.47. The molecule has 2 heterocycles. The van der Waals surface area contributed by atoms with Crippen molar-refractivity contribution in [2.45, 2.75) is 39.7 Å². The third kappa shape index (κ3) is 3.54. The van der Waals surface area contributed by atoms with Gasteiger partial charge in [0.2, 0.25) is 5.91 Å². The number of hydrogen-bond acceptors (Lipinski definition) is 7. The maximum absolute atomic E-state index is 12.1. The molecule has 2 amide bonds. The Morgan fingerprint density at radius 1 is 1.29 bits per heavy atom. The molecule has 1 N–H and O–H groups in total. The molecule has 1 aromatic rings. The summed E-state index contributed by atoms with van der Waals surface area (Å²) in [5.41, 5.74) is 3.04. The van der Waals surface area contributed by atoms with Crippen LogP contribution in [0.4, 0.5) is 4.79 Å². The standard InChI is InChI=1S/C20H23NO7/c1-11(5-7-15(22)21-8-9-27-20(21)25)4-6-13-17(23)16-14(10-28-19(16)24)12(2)18(13)26-3/h4,23H,5-10H2,1-3H3/b11-4+. The number of amides is 2. The first-order valence-electron chi connectivity index (χ1n) is 9.06. The third-order valence-electron chi connectivity index (χ3n) is 5.10. The van der Waals surface area contributed by atoms with Crippen molar-refractivity contribution in [2.75, 3.05) is 20.3 Å². The summed E-state index contributed by atoms with van der Waals surface area (Å²) in [4.78, 5) is 36.6. The van der Waals surface area contributed by atoms with Gasteiger partial charge in [0.05, 0.1) is 13.7 Å². The molecule has 150 valence electrons. The Kier molecular flexibility index (Phi) is 5.58. The third-order valence-corrected chi connectivity index (χ3v) is 5.10. The number of nitrogens with zero attached hydrogens (tertiary/aromatic N) is 1. The average molecular weight is 389 g/mol. The molecule has 1 fully saturated rings. The van der Waals surface area contributed by atoms with Gasteiger partial charge in [0, 0.05) is 17.5 Å². The van der Waals surface area contributed by atoms with Crippen LogP contribution in [0.1, 0.15) is 46.8 Å². The number of methoxy groups -OCH3 is 1. The Hall–Kier alpha value is -3.03. The number of carbonyl (C=O) groups is 3. The molecule has 0 aliphatic carbocycles. The highest BCUT2D eigenvalue weighted by molar-refractivity contribution is 5.98. The van der Waals surface area contributed by atoms with E-state index in [4.69, 9.17) is 14.2 Å². The number of hydrogen-bond donors (Lipinski definition) is 1. The minimum atomic E-state index is -0.596. The maximum Gasteiger partial charge on any atom is 0.416 e. The van der Waals surface area contributed by atoms with E-state index in [-0.39, 0.29) is 43.4 Å². The topological polar surface area (TPSA) is 102 Å². The number of esters is 1. The second-order valence-corrected chi connectivity index (χ2v) is 6.83. The van der Waals surface area contributed by atoms with Gasteiger partial charge in [0.25, 0.3) is 0 Å². The molecule has 0 radical (unpaired) electrons. The van der Waals surface area contributed by atoms with Crippen LogP contribution in [0.3, 0.4) is 0 Å². The van der Waals surface area contributed by atoms with Crippen molar-refractivity contribution >= 4 is 18.0 Å². The van der Waals surface area contributed by atoms with Crippen molar-refractivity contribution in [1.82, 2.24) is 4.90 Å². The molecule has 0 spiro atoms. The molecule has 3 rings (SSSR count). The van der Waals surface area contributed by atoms with Gasteiger partial charge < -0.3 is 19.3 Å². The minimum absolute atomic E-state index is 0.125. The van der Waals surface area contributed by atoms with Crippen LogP contribution in [0.25, 0.3) is 0 Å². The lowest BCUT2D eigenvalue weighted by Gasteiger charge is -2.16. The van der Waals surface area contributed by atoms with Crippen LogP contribution in [-0.2, 0) is 27.3 Å². The van der Waals surface area contributed by atoms with Crippen molar-refractivity contribution < 1.29 is 33.7 Å². The number of phenols is 1. The summed E-state index contributed by atoms with van der Waals surface area (Å²) < 4.78 is 15.3. The van der Waals surface area contributed by atoms with Crippen molar-refractivity contribution in [1.29, 1.82) is 0 Å². The van der Waals surface area contributed by atoms with Gasteiger partial charge in [-0.05, 0) is 32.3 Å². The van der Waals surface area contributed by atoms with E-state index >= 15 is 0 Å². The minimum Gasteiger partial charge on any atom is -0.507 e. The lowest BCUT2D eigenvalue weighted by atomic mass is 9.94. The molecular weight excluding hydrogens is 366 g/mol. The van der Waals surface area contributed by atoms with Gasteiger partial charge in [-0.2, -0.15) is 0 Å². The second-order valence-electron chi connectivity index (χ2n) is 6.83. The Morgan fingerprint density at radius 2 is 2.04 bits per heavy atom. The zero-order chi connectivity index (χ0) is 20.4. The van der Waals surface area contributed by atoms with E-state index in [1.807, 2.05) is 19.9 Å². The maximum atomic E-state index is 12.1. The highest BCUT2D eigenvalue weighted by Gasteiger charge is 2.32. The highest BCUT2D eigenvalue weighted by Crippen LogP contribution is 2.42. The first-order valence-corrected chi connectivity index (χ1v) is 9.06. The predicted octanol–water partition coefficient (Wildman–Crippen LogP) is 2.63. The number of fused-ring (bicyclic) bond motifs is 1. The van der Waals surface area contributed by atoms with Crippen LogP contribution in [0.15, 0.2) is 11.6 Å². The van der Waals surface area contributed by atoms with Crippen molar-refractivity contribution in [2.24, 2.45) is 0 Å². The molecule has 1 saturated heterocycles. The number of allylic oxidation sites excluding steroid dienone is 2. The van der Waals surface area contributed by atoms with E-state index in [1.165, 1.54) is 7.11 Å². The number of ether oxygens (including phenoxy) is 3. The van der Waals surface area contributed by atoms with Crippen LogP contribution in [0, 0.1) is 6.92 Å². The van der Waals surface area contributed by atoms with Crippen LogP contribution in [0.5, 0.6) is 11.5 Å². The lowest BCUT2D eigenvalue weighted by molar-refractivity contribution is -0.127. The van der Waals surface area contributed by atoms with E-state index in [1.54, 1.807) is 0 Å². The van der Waals surface area contributed by atoms with Gasteiger partial charge in [-0.1, -0.05) is 11.6 Å². The summed E-state index contributed by atoms with van der Waals surface area (Å²) in [5.74, 6) is -0.413. The summed E-state index contributed by atoms with van der Waals surface area (Å²) in [5, 5.41) is 10.6. The first-order chi connectivity index (χ1) is 13.3. The molecule has 8 heteroatoms. The molecular formula is C20H23NO7. The number of benzene rings is 1. The second kappa shape index (κ2) is 7.92. The molecule has 28 heavy (non-hydrogen) atoms. The number of rotatable bonds is 6. The smallest absolute Gasteiger partial charge is 0.416 e. The van der Waals surface area contributed by atoms with E-state index in [0.29, 0.717) is 29.7 Å². The highest BCUT2D eigenvalue weighted by atomic mass is 16.6. The first kappa shape index (κ1) is 19.7. The number of carbonyl (C=O) groups excluding carboxylic acids is 3. The monoisotopic (exact) mass is 389 g/mol. The summed E-state index contributed by atoms with van der Waals surface area (Å²) in [6, 6.07) is 0. The average Bonchev–Trinajstić information content (AvgIpc) is 3.27. The van der Waals surface area contributed by atoms with Gasteiger partial charge in [-0.3, -0.25) is 4.79 Å². The van der Waals surface area contributed by atoms with E-state index in [9.17, 15) is 19.5 Å². The summed E-state index contributed by atoms with van der Waals surface area (Å²) in [6.45, 7) is 4.34. The van der Waals surface area contributed by atoms with Gasteiger partial charge in [-0.15, -0.1) is 0 Å². The summed E-state index contributed by atoms with van der Waals surface area (Å²) in [7, 11) is 1.51. The van der Waals surface area contributed by atoms with Gasteiger partial charge in [0.1, 0.15) is 30.3 Å². The van der Waals surface area contributed by atoms with Crippen LogP contribution < -0.4 is 4.74 Å². The summed E-state index contributed by atoms with van der Waals surface area (Å²) >= 11 is 0. The zero-order valence-corrected chi connectivity index (χ0v) is 16.2. The molecule has 0 unspecified atom stereocenters.